The van der Waals surface area contributed by atoms with Crippen LogP contribution in [0.25, 0.3) is 11.4 Å². The fourth-order valence-electron chi connectivity index (χ4n) is 2.89. The Hall–Kier alpha value is -3.27. The van der Waals surface area contributed by atoms with Crippen molar-refractivity contribution in [3.8, 4) is 11.4 Å². The van der Waals surface area contributed by atoms with E-state index in [1.807, 2.05) is 17.0 Å². The average Bonchev–Trinajstić information content (AvgIpc) is 3.11. The van der Waals surface area contributed by atoms with Crippen molar-refractivity contribution in [1.29, 1.82) is 0 Å². The first-order valence-corrected chi connectivity index (χ1v) is 8.24. The van der Waals surface area contributed by atoms with E-state index in [-0.39, 0.29) is 11.5 Å². The lowest BCUT2D eigenvalue weighted by Crippen LogP contribution is -2.46. The molecule has 4 heterocycles. The molecule has 1 aliphatic rings. The first-order valence-electron chi connectivity index (χ1n) is 8.24. The lowest BCUT2D eigenvalue weighted by Gasteiger charge is -2.34. The van der Waals surface area contributed by atoms with Crippen LogP contribution in [0.5, 0.6) is 0 Å². The summed E-state index contributed by atoms with van der Waals surface area (Å²) in [5.74, 6) is 1.86. The van der Waals surface area contributed by atoms with Gasteiger partial charge in [-0.15, -0.1) is 0 Å². The zero-order valence-electron chi connectivity index (χ0n) is 14.0. The third-order valence-corrected chi connectivity index (χ3v) is 4.21. The minimum absolute atomic E-state index is 0.129. The van der Waals surface area contributed by atoms with E-state index < -0.39 is 0 Å². The second kappa shape index (κ2) is 6.92. The lowest BCUT2D eigenvalue weighted by atomic mass is 10.2. The molecular weight excluding hydrogens is 336 g/mol. The Kier molecular flexibility index (Phi) is 4.32. The van der Waals surface area contributed by atoms with Gasteiger partial charge in [-0.1, -0.05) is 5.16 Å². The highest BCUT2D eigenvalue weighted by Gasteiger charge is 2.21. The minimum atomic E-state index is -0.246. The zero-order chi connectivity index (χ0) is 17.9. The van der Waals surface area contributed by atoms with Gasteiger partial charge in [0.25, 0.3) is 5.56 Å². The highest BCUT2D eigenvalue weighted by Crippen LogP contribution is 2.17. The van der Waals surface area contributed by atoms with Crippen LogP contribution in [-0.4, -0.2) is 56.2 Å². The fraction of sp³-hybridized carbons (Fsp3) is 0.312. The second-order valence-corrected chi connectivity index (χ2v) is 6.00. The van der Waals surface area contributed by atoms with Crippen molar-refractivity contribution < 1.29 is 4.52 Å². The molecule has 0 radical (unpaired) electrons. The molecule has 3 aromatic rings. The van der Waals surface area contributed by atoms with Crippen LogP contribution in [0.1, 0.15) is 5.89 Å². The lowest BCUT2D eigenvalue weighted by molar-refractivity contribution is 0.215. The summed E-state index contributed by atoms with van der Waals surface area (Å²) < 4.78 is 5.35. The molecule has 0 aliphatic carbocycles. The van der Waals surface area contributed by atoms with E-state index in [2.05, 4.69) is 30.0 Å². The zero-order valence-corrected chi connectivity index (χ0v) is 14.0. The quantitative estimate of drug-likeness (QED) is 0.670. The number of aromatic amines is 1. The number of nitrogen functional groups attached to an aromatic ring is 1. The molecule has 1 fully saturated rings. The van der Waals surface area contributed by atoms with Gasteiger partial charge in [0.05, 0.1) is 6.54 Å². The molecule has 1 aliphatic heterocycles. The van der Waals surface area contributed by atoms with E-state index >= 15 is 0 Å². The molecule has 10 nitrogen and oxygen atoms in total. The summed E-state index contributed by atoms with van der Waals surface area (Å²) in [7, 11) is 0. The number of anilines is 2. The van der Waals surface area contributed by atoms with E-state index in [4.69, 9.17) is 10.3 Å². The van der Waals surface area contributed by atoms with Gasteiger partial charge < -0.3 is 15.2 Å². The van der Waals surface area contributed by atoms with E-state index in [1.54, 1.807) is 12.4 Å². The van der Waals surface area contributed by atoms with Crippen molar-refractivity contribution in [2.24, 2.45) is 0 Å². The smallest absolute Gasteiger partial charge is 0.254 e. The van der Waals surface area contributed by atoms with Crippen molar-refractivity contribution in [3.63, 3.8) is 0 Å². The van der Waals surface area contributed by atoms with Gasteiger partial charge in [0, 0.05) is 50.2 Å². The summed E-state index contributed by atoms with van der Waals surface area (Å²) in [6, 6.07) is 5.15. The van der Waals surface area contributed by atoms with Crippen molar-refractivity contribution >= 4 is 11.8 Å². The molecule has 0 aromatic carbocycles. The number of nitrogens with two attached hydrogens (primary N) is 1. The van der Waals surface area contributed by atoms with Crippen molar-refractivity contribution in [2.75, 3.05) is 36.8 Å². The SMILES string of the molecule is Nc1nc(N2CCN(Cc3nc(-c4ccncc4)no3)CC2)cc(=O)[nH]1. The molecule has 4 rings (SSSR count). The molecule has 0 atom stereocenters. The fourth-order valence-corrected chi connectivity index (χ4v) is 2.89. The number of piperazine rings is 1. The Morgan fingerprint density at radius 3 is 2.65 bits per heavy atom. The summed E-state index contributed by atoms with van der Waals surface area (Å²) in [5.41, 5.74) is 6.24. The first kappa shape index (κ1) is 16.2. The third-order valence-electron chi connectivity index (χ3n) is 4.21. The maximum absolute atomic E-state index is 11.5. The molecule has 10 heteroatoms. The van der Waals surface area contributed by atoms with Gasteiger partial charge in [0.2, 0.25) is 17.7 Å². The highest BCUT2D eigenvalue weighted by atomic mass is 16.5. The Bertz CT molecular complexity index is 931. The maximum atomic E-state index is 11.5. The molecule has 0 saturated carbocycles. The molecule has 1 saturated heterocycles. The van der Waals surface area contributed by atoms with E-state index in [0.29, 0.717) is 24.1 Å². The van der Waals surface area contributed by atoms with Gasteiger partial charge in [0.1, 0.15) is 5.82 Å². The Morgan fingerprint density at radius 2 is 1.92 bits per heavy atom. The van der Waals surface area contributed by atoms with E-state index in [0.717, 1.165) is 31.7 Å². The molecule has 134 valence electrons. The predicted molar refractivity (Wildman–Crippen MR) is 94.3 cm³/mol. The molecule has 0 bridgehead atoms. The molecule has 0 amide bonds. The van der Waals surface area contributed by atoms with Crippen LogP contribution in [0.2, 0.25) is 0 Å². The van der Waals surface area contributed by atoms with Gasteiger partial charge >= 0.3 is 0 Å². The van der Waals surface area contributed by atoms with Crippen LogP contribution in [0.15, 0.2) is 39.9 Å². The molecule has 26 heavy (non-hydrogen) atoms. The Labute approximate surface area is 148 Å². The second-order valence-electron chi connectivity index (χ2n) is 6.00. The molecule has 3 aromatic heterocycles. The van der Waals surface area contributed by atoms with Gasteiger partial charge in [-0.2, -0.15) is 9.97 Å². The average molecular weight is 354 g/mol. The molecule has 0 spiro atoms. The van der Waals surface area contributed by atoms with Crippen LogP contribution in [-0.2, 0) is 6.54 Å². The predicted octanol–water partition coefficient (Wildman–Crippen LogP) is 0.119. The minimum Gasteiger partial charge on any atom is -0.369 e. The number of H-pyrrole nitrogens is 1. The summed E-state index contributed by atoms with van der Waals surface area (Å²) in [6.45, 7) is 3.64. The van der Waals surface area contributed by atoms with Crippen LogP contribution in [0, 0.1) is 0 Å². The number of pyridine rings is 1. The molecular formula is C16H18N8O2. The first-order chi connectivity index (χ1) is 12.7. The molecule has 0 unspecified atom stereocenters. The van der Waals surface area contributed by atoms with E-state index in [9.17, 15) is 4.79 Å². The van der Waals surface area contributed by atoms with Gasteiger partial charge in [-0.25, -0.2) is 0 Å². The molecule has 3 N–H and O–H groups in total. The number of hydrogen-bond acceptors (Lipinski definition) is 9. The van der Waals surface area contributed by atoms with Crippen molar-refractivity contribution in [3.05, 3.63) is 46.8 Å². The Morgan fingerprint density at radius 1 is 1.15 bits per heavy atom. The van der Waals surface area contributed by atoms with Crippen LogP contribution in [0.4, 0.5) is 11.8 Å². The Balaban J connectivity index is 1.37. The van der Waals surface area contributed by atoms with Gasteiger partial charge in [-0.3, -0.25) is 19.7 Å². The highest BCUT2D eigenvalue weighted by molar-refractivity contribution is 5.52. The third kappa shape index (κ3) is 3.54. The van der Waals surface area contributed by atoms with Gasteiger partial charge in [0.15, 0.2) is 0 Å². The largest absolute Gasteiger partial charge is 0.369 e. The number of aromatic nitrogens is 5. The monoisotopic (exact) mass is 354 g/mol. The maximum Gasteiger partial charge on any atom is 0.254 e. The summed E-state index contributed by atoms with van der Waals surface area (Å²) in [5, 5.41) is 4.02. The van der Waals surface area contributed by atoms with E-state index in [1.165, 1.54) is 6.07 Å². The van der Waals surface area contributed by atoms with Crippen LogP contribution in [0.3, 0.4) is 0 Å². The number of hydrogen-bond donors (Lipinski definition) is 2. The number of nitrogens with zero attached hydrogens (tertiary/aromatic N) is 6. The number of rotatable bonds is 4. The number of nitrogens with one attached hydrogen (secondary N) is 1. The van der Waals surface area contributed by atoms with Crippen molar-refractivity contribution in [1.82, 2.24) is 30.0 Å². The summed E-state index contributed by atoms with van der Waals surface area (Å²) >= 11 is 0. The van der Waals surface area contributed by atoms with Crippen LogP contribution < -0.4 is 16.2 Å². The van der Waals surface area contributed by atoms with Gasteiger partial charge in [-0.05, 0) is 12.1 Å². The summed E-state index contributed by atoms with van der Waals surface area (Å²) in [6.07, 6.45) is 3.39. The van der Waals surface area contributed by atoms with Crippen LogP contribution >= 0.6 is 0 Å². The topological polar surface area (TPSA) is 130 Å². The van der Waals surface area contributed by atoms with Crippen molar-refractivity contribution in [2.45, 2.75) is 6.54 Å². The summed E-state index contributed by atoms with van der Waals surface area (Å²) in [4.78, 5) is 30.9. The standard InChI is InChI=1S/C16H18N8O2/c17-16-19-12(9-13(25)20-16)24-7-5-23(6-8-24)10-14-21-15(22-26-14)11-1-3-18-4-2-11/h1-4,9H,5-8,10H2,(H3,17,19,20,25). The normalized spacial score (nSPS) is 15.3.